The van der Waals surface area contributed by atoms with Gasteiger partial charge in [-0.25, -0.2) is 4.79 Å². The molecule has 0 heterocycles. The van der Waals surface area contributed by atoms with Crippen LogP contribution in [0.2, 0.25) is 0 Å². The Labute approximate surface area is 89.1 Å². The lowest BCUT2D eigenvalue weighted by Crippen LogP contribution is -2.17. The standard InChI is InChI=1S/C12H14O3/c1-9(8-11(13)12(14)15-2)10-6-4-3-5-7-10/h3-7,9H,8H2,1-2H3/t9-/m0/s1. The average Bonchev–Trinajstić information content (AvgIpc) is 2.29. The third kappa shape index (κ3) is 3.20. The molecule has 0 saturated heterocycles. The molecule has 1 aromatic rings. The average molecular weight is 206 g/mol. The normalized spacial score (nSPS) is 11.9. The van der Waals surface area contributed by atoms with Crippen molar-refractivity contribution in [3.8, 4) is 0 Å². The molecule has 15 heavy (non-hydrogen) atoms. The van der Waals surface area contributed by atoms with E-state index in [4.69, 9.17) is 0 Å². The Morgan fingerprint density at radius 2 is 1.87 bits per heavy atom. The van der Waals surface area contributed by atoms with Gasteiger partial charge in [-0.2, -0.15) is 0 Å². The SMILES string of the molecule is COC(=O)C(=O)C[C@H](C)c1ccccc1. The first-order valence-electron chi connectivity index (χ1n) is 4.81. The van der Waals surface area contributed by atoms with Gasteiger partial charge < -0.3 is 4.74 Å². The van der Waals surface area contributed by atoms with Crippen LogP contribution in [0.5, 0.6) is 0 Å². The minimum absolute atomic E-state index is 0.0396. The summed E-state index contributed by atoms with van der Waals surface area (Å²) in [6, 6.07) is 9.62. The molecule has 0 bridgehead atoms. The van der Waals surface area contributed by atoms with Crippen molar-refractivity contribution in [2.45, 2.75) is 19.3 Å². The Morgan fingerprint density at radius 1 is 1.27 bits per heavy atom. The van der Waals surface area contributed by atoms with Crippen LogP contribution in [-0.2, 0) is 14.3 Å². The fraction of sp³-hybridized carbons (Fsp3) is 0.333. The monoisotopic (exact) mass is 206 g/mol. The fourth-order valence-corrected chi connectivity index (χ4v) is 1.37. The molecule has 0 unspecified atom stereocenters. The maximum absolute atomic E-state index is 11.3. The molecule has 80 valence electrons. The first-order valence-corrected chi connectivity index (χ1v) is 4.81. The number of ketones is 1. The van der Waals surface area contributed by atoms with Gasteiger partial charge in [0.15, 0.2) is 0 Å². The molecule has 1 atom stereocenters. The lowest BCUT2D eigenvalue weighted by Gasteiger charge is -2.09. The summed E-state index contributed by atoms with van der Waals surface area (Å²) in [5.41, 5.74) is 1.05. The first kappa shape index (κ1) is 11.4. The number of ether oxygens (including phenoxy) is 1. The summed E-state index contributed by atoms with van der Waals surface area (Å²) in [5.74, 6) is -1.20. The molecular weight excluding hydrogens is 192 g/mol. The number of carbonyl (C=O) groups is 2. The second kappa shape index (κ2) is 5.29. The van der Waals surface area contributed by atoms with Crippen molar-refractivity contribution in [2.24, 2.45) is 0 Å². The van der Waals surface area contributed by atoms with E-state index >= 15 is 0 Å². The van der Waals surface area contributed by atoms with E-state index in [1.54, 1.807) is 0 Å². The predicted molar refractivity (Wildman–Crippen MR) is 56.5 cm³/mol. The van der Waals surface area contributed by atoms with Crippen molar-refractivity contribution in [1.82, 2.24) is 0 Å². The van der Waals surface area contributed by atoms with E-state index in [0.29, 0.717) is 0 Å². The van der Waals surface area contributed by atoms with Crippen LogP contribution in [0, 0.1) is 0 Å². The number of hydrogen-bond donors (Lipinski definition) is 0. The van der Waals surface area contributed by atoms with Gasteiger partial charge in [-0.3, -0.25) is 4.79 Å². The molecule has 0 fully saturated rings. The van der Waals surface area contributed by atoms with E-state index in [0.717, 1.165) is 5.56 Å². The highest BCUT2D eigenvalue weighted by atomic mass is 16.5. The van der Waals surface area contributed by atoms with Gasteiger partial charge in [0.25, 0.3) is 0 Å². The molecule has 3 nitrogen and oxygen atoms in total. The predicted octanol–water partition coefficient (Wildman–Crippen LogP) is 1.92. The van der Waals surface area contributed by atoms with Gasteiger partial charge in [0, 0.05) is 6.42 Å². The Morgan fingerprint density at radius 3 is 2.40 bits per heavy atom. The summed E-state index contributed by atoms with van der Waals surface area (Å²) in [5, 5.41) is 0. The van der Waals surface area contributed by atoms with E-state index in [2.05, 4.69) is 4.74 Å². The third-order valence-electron chi connectivity index (χ3n) is 2.27. The lowest BCUT2D eigenvalue weighted by molar-refractivity contribution is -0.151. The number of Topliss-reactive ketones (excluding diaryl/α,β-unsaturated/α-hetero) is 1. The van der Waals surface area contributed by atoms with E-state index in [-0.39, 0.29) is 12.3 Å². The molecule has 0 amide bonds. The van der Waals surface area contributed by atoms with Crippen molar-refractivity contribution in [1.29, 1.82) is 0 Å². The van der Waals surface area contributed by atoms with E-state index < -0.39 is 11.8 Å². The van der Waals surface area contributed by atoms with Crippen molar-refractivity contribution >= 4 is 11.8 Å². The van der Waals surface area contributed by atoms with Crippen LogP contribution in [0.25, 0.3) is 0 Å². The highest BCUT2D eigenvalue weighted by Crippen LogP contribution is 2.18. The highest BCUT2D eigenvalue weighted by Gasteiger charge is 2.18. The number of esters is 1. The highest BCUT2D eigenvalue weighted by molar-refractivity contribution is 6.33. The lowest BCUT2D eigenvalue weighted by atomic mass is 9.96. The van der Waals surface area contributed by atoms with Gasteiger partial charge in [0.2, 0.25) is 5.78 Å². The summed E-state index contributed by atoms with van der Waals surface area (Å²) >= 11 is 0. The Bertz CT molecular complexity index is 343. The molecule has 0 spiro atoms. The molecule has 0 radical (unpaired) electrons. The van der Waals surface area contributed by atoms with Crippen molar-refractivity contribution in [3.63, 3.8) is 0 Å². The van der Waals surface area contributed by atoms with Crippen LogP contribution in [0.4, 0.5) is 0 Å². The van der Waals surface area contributed by atoms with Crippen LogP contribution < -0.4 is 0 Å². The number of hydrogen-bond acceptors (Lipinski definition) is 3. The van der Waals surface area contributed by atoms with Crippen LogP contribution >= 0.6 is 0 Å². The number of benzene rings is 1. The fourth-order valence-electron chi connectivity index (χ4n) is 1.37. The number of rotatable bonds is 4. The van der Waals surface area contributed by atoms with Crippen LogP contribution in [0.3, 0.4) is 0 Å². The second-order valence-electron chi connectivity index (χ2n) is 3.43. The summed E-state index contributed by atoms with van der Waals surface area (Å²) < 4.78 is 4.36. The zero-order valence-electron chi connectivity index (χ0n) is 8.90. The third-order valence-corrected chi connectivity index (χ3v) is 2.27. The molecular formula is C12H14O3. The van der Waals surface area contributed by atoms with Gasteiger partial charge in [-0.15, -0.1) is 0 Å². The molecule has 0 saturated carbocycles. The van der Waals surface area contributed by atoms with Crippen LogP contribution in [0.1, 0.15) is 24.8 Å². The van der Waals surface area contributed by atoms with Crippen molar-refractivity contribution < 1.29 is 14.3 Å². The zero-order valence-corrected chi connectivity index (χ0v) is 8.90. The molecule has 1 aromatic carbocycles. The molecule has 0 N–H and O–H groups in total. The number of carbonyl (C=O) groups excluding carboxylic acids is 2. The maximum atomic E-state index is 11.3. The smallest absolute Gasteiger partial charge is 0.374 e. The minimum atomic E-state index is -0.766. The molecule has 0 aliphatic carbocycles. The molecule has 0 aliphatic heterocycles. The van der Waals surface area contributed by atoms with Crippen molar-refractivity contribution in [2.75, 3.05) is 7.11 Å². The van der Waals surface area contributed by atoms with Gasteiger partial charge in [-0.1, -0.05) is 37.3 Å². The summed E-state index contributed by atoms with van der Waals surface area (Å²) in [4.78, 5) is 22.2. The van der Waals surface area contributed by atoms with Gasteiger partial charge >= 0.3 is 5.97 Å². The number of methoxy groups -OCH3 is 1. The maximum Gasteiger partial charge on any atom is 0.374 e. The quantitative estimate of drug-likeness (QED) is 0.558. The van der Waals surface area contributed by atoms with Gasteiger partial charge in [0.1, 0.15) is 0 Å². The molecule has 0 aliphatic rings. The summed E-state index contributed by atoms with van der Waals surface area (Å²) in [6.07, 6.45) is 0.191. The first-order chi connectivity index (χ1) is 7.15. The summed E-state index contributed by atoms with van der Waals surface area (Å²) in [7, 11) is 1.22. The van der Waals surface area contributed by atoms with Crippen LogP contribution in [0.15, 0.2) is 30.3 Å². The Hall–Kier alpha value is -1.64. The van der Waals surface area contributed by atoms with Gasteiger partial charge in [0.05, 0.1) is 7.11 Å². The van der Waals surface area contributed by atoms with Gasteiger partial charge in [-0.05, 0) is 11.5 Å². The second-order valence-corrected chi connectivity index (χ2v) is 3.43. The molecule has 0 aromatic heterocycles. The topological polar surface area (TPSA) is 43.4 Å². The summed E-state index contributed by atoms with van der Waals surface area (Å²) in [6.45, 7) is 1.91. The zero-order chi connectivity index (χ0) is 11.3. The van der Waals surface area contributed by atoms with Crippen LogP contribution in [-0.4, -0.2) is 18.9 Å². The Kier molecular flexibility index (Phi) is 4.03. The molecule has 3 heteroatoms. The van der Waals surface area contributed by atoms with E-state index in [1.807, 2.05) is 37.3 Å². The van der Waals surface area contributed by atoms with E-state index in [1.165, 1.54) is 7.11 Å². The van der Waals surface area contributed by atoms with Crippen molar-refractivity contribution in [3.05, 3.63) is 35.9 Å². The Balaban J connectivity index is 2.60. The largest absolute Gasteiger partial charge is 0.463 e. The molecule has 1 rings (SSSR count). The van der Waals surface area contributed by atoms with E-state index in [9.17, 15) is 9.59 Å². The minimum Gasteiger partial charge on any atom is -0.463 e.